The van der Waals surface area contributed by atoms with Gasteiger partial charge in [0, 0.05) is 17.0 Å². The molecule has 3 aromatic rings. The zero-order valence-corrected chi connectivity index (χ0v) is 12.6. The lowest BCUT2D eigenvalue weighted by molar-refractivity contribution is 0.143. The fourth-order valence-electron chi connectivity index (χ4n) is 3.55. The van der Waals surface area contributed by atoms with Gasteiger partial charge in [-0.3, -0.25) is 0 Å². The van der Waals surface area contributed by atoms with E-state index in [4.69, 9.17) is 0 Å². The van der Waals surface area contributed by atoms with E-state index in [1.165, 1.54) is 26.8 Å². The number of benzene rings is 2. The summed E-state index contributed by atoms with van der Waals surface area (Å²) in [5.74, 6) is 0.292. The molecule has 0 radical (unpaired) electrons. The molecule has 2 heteroatoms. The first-order chi connectivity index (χ1) is 10.3. The van der Waals surface area contributed by atoms with Gasteiger partial charge in [-0.1, -0.05) is 42.5 Å². The molecule has 0 aliphatic heterocycles. The van der Waals surface area contributed by atoms with E-state index >= 15 is 0 Å². The van der Waals surface area contributed by atoms with Crippen LogP contribution in [0.3, 0.4) is 0 Å². The Morgan fingerprint density at radius 2 is 1.90 bits per heavy atom. The fraction of sp³-hybridized carbons (Fsp3) is 0.263. The summed E-state index contributed by atoms with van der Waals surface area (Å²) in [6.07, 6.45) is 2.64. The Balaban J connectivity index is 1.61. The lowest BCUT2D eigenvalue weighted by Crippen LogP contribution is -2.19. The Morgan fingerprint density at radius 3 is 2.86 bits per heavy atom. The summed E-state index contributed by atoms with van der Waals surface area (Å²) in [7, 11) is 0. The Labute approximate surface area is 128 Å². The van der Waals surface area contributed by atoms with Crippen LogP contribution in [0.4, 0.5) is 0 Å². The predicted molar refractivity (Wildman–Crippen MR) is 89.0 cm³/mol. The van der Waals surface area contributed by atoms with Gasteiger partial charge in [0.05, 0.1) is 6.10 Å². The number of aliphatic hydroxyl groups is 1. The predicted octanol–water partition coefficient (Wildman–Crippen LogP) is 4.53. The van der Waals surface area contributed by atoms with Crippen LogP contribution < -0.4 is 0 Å². The van der Waals surface area contributed by atoms with E-state index in [9.17, 15) is 5.11 Å². The van der Waals surface area contributed by atoms with Crippen LogP contribution in [0, 0.1) is 0 Å². The lowest BCUT2D eigenvalue weighted by Gasteiger charge is -2.19. The van der Waals surface area contributed by atoms with Crippen molar-refractivity contribution >= 4 is 21.4 Å². The summed E-state index contributed by atoms with van der Waals surface area (Å²) < 4.78 is 1.31. The molecule has 0 fully saturated rings. The van der Waals surface area contributed by atoms with E-state index in [1.54, 1.807) is 11.3 Å². The largest absolute Gasteiger partial charge is 0.392 e. The van der Waals surface area contributed by atoms with E-state index < -0.39 is 0 Å². The van der Waals surface area contributed by atoms with Crippen LogP contribution in [0.1, 0.15) is 29.0 Å². The smallest absolute Gasteiger partial charge is 0.0649 e. The van der Waals surface area contributed by atoms with Crippen LogP contribution in [-0.2, 0) is 12.8 Å². The first-order valence-corrected chi connectivity index (χ1v) is 8.42. The van der Waals surface area contributed by atoms with Gasteiger partial charge in [-0.25, -0.2) is 0 Å². The zero-order valence-electron chi connectivity index (χ0n) is 11.8. The van der Waals surface area contributed by atoms with Gasteiger partial charge < -0.3 is 5.11 Å². The van der Waals surface area contributed by atoms with Gasteiger partial charge >= 0.3 is 0 Å². The van der Waals surface area contributed by atoms with E-state index in [-0.39, 0.29) is 6.10 Å². The van der Waals surface area contributed by atoms with Crippen LogP contribution >= 0.6 is 11.3 Å². The second kappa shape index (κ2) is 5.28. The minimum atomic E-state index is -0.286. The topological polar surface area (TPSA) is 20.2 Å². The standard InChI is InChI=1S/C19H18OS/c20-18(17-10-9-13-5-1-2-6-15(13)17)11-14-12-21-19-8-4-3-7-16(14)19/h1-8,12,17-18,20H,9-11H2. The van der Waals surface area contributed by atoms with E-state index in [0.29, 0.717) is 5.92 Å². The number of aryl methyl sites for hydroxylation is 1. The van der Waals surface area contributed by atoms with Crippen LogP contribution in [0.25, 0.3) is 10.1 Å². The van der Waals surface area contributed by atoms with E-state index in [1.807, 2.05) is 0 Å². The summed E-state index contributed by atoms with van der Waals surface area (Å²) >= 11 is 1.77. The molecule has 1 aliphatic carbocycles. The second-order valence-electron chi connectivity index (χ2n) is 5.87. The van der Waals surface area contributed by atoms with Crippen molar-refractivity contribution in [2.75, 3.05) is 0 Å². The number of thiophene rings is 1. The Morgan fingerprint density at radius 1 is 1.10 bits per heavy atom. The SMILES string of the molecule is OC(Cc1csc2ccccc12)C1CCc2ccccc21. The minimum Gasteiger partial charge on any atom is -0.392 e. The van der Waals surface area contributed by atoms with Crippen LogP contribution in [0.2, 0.25) is 0 Å². The molecule has 0 amide bonds. The zero-order chi connectivity index (χ0) is 14.2. The van der Waals surface area contributed by atoms with Crippen molar-refractivity contribution in [3.05, 3.63) is 70.6 Å². The Kier molecular flexibility index (Phi) is 3.28. The van der Waals surface area contributed by atoms with Gasteiger partial charge in [0.2, 0.25) is 0 Å². The van der Waals surface area contributed by atoms with Gasteiger partial charge in [0.15, 0.2) is 0 Å². The second-order valence-corrected chi connectivity index (χ2v) is 6.78. The molecule has 1 N–H and O–H groups in total. The molecule has 2 atom stereocenters. The molecule has 106 valence electrons. The molecule has 2 unspecified atom stereocenters. The molecule has 0 saturated carbocycles. The molecule has 1 aliphatic rings. The summed E-state index contributed by atoms with van der Waals surface area (Å²) in [4.78, 5) is 0. The van der Waals surface area contributed by atoms with Crippen molar-refractivity contribution in [1.29, 1.82) is 0 Å². The van der Waals surface area contributed by atoms with E-state index in [0.717, 1.165) is 19.3 Å². The molecule has 0 bridgehead atoms. The molecule has 4 rings (SSSR count). The third kappa shape index (κ3) is 2.29. The fourth-order valence-corrected chi connectivity index (χ4v) is 4.52. The highest BCUT2D eigenvalue weighted by Gasteiger charge is 2.28. The first-order valence-electron chi connectivity index (χ1n) is 7.54. The number of aliphatic hydroxyl groups excluding tert-OH is 1. The quantitative estimate of drug-likeness (QED) is 0.752. The van der Waals surface area contributed by atoms with Crippen LogP contribution in [0.5, 0.6) is 0 Å². The lowest BCUT2D eigenvalue weighted by atomic mass is 9.91. The third-order valence-corrected chi connectivity index (χ3v) is 5.65. The molecule has 1 aromatic heterocycles. The van der Waals surface area contributed by atoms with Gasteiger partial charge in [-0.2, -0.15) is 0 Å². The highest BCUT2D eigenvalue weighted by molar-refractivity contribution is 7.17. The van der Waals surface area contributed by atoms with Crippen LogP contribution in [-0.4, -0.2) is 11.2 Å². The molecule has 21 heavy (non-hydrogen) atoms. The maximum Gasteiger partial charge on any atom is 0.0649 e. The number of rotatable bonds is 3. The van der Waals surface area contributed by atoms with Crippen LogP contribution in [0.15, 0.2) is 53.9 Å². The summed E-state index contributed by atoms with van der Waals surface area (Å²) in [6, 6.07) is 17.0. The van der Waals surface area contributed by atoms with Crippen molar-refractivity contribution < 1.29 is 5.11 Å². The molecular formula is C19H18OS. The molecule has 0 spiro atoms. The Bertz CT molecular complexity index is 774. The molecular weight excluding hydrogens is 276 g/mol. The average Bonchev–Trinajstić information content (AvgIpc) is 3.12. The van der Waals surface area contributed by atoms with Crippen molar-refractivity contribution in [3.63, 3.8) is 0 Å². The minimum absolute atomic E-state index is 0.286. The summed E-state index contributed by atoms with van der Waals surface area (Å²) in [5.41, 5.74) is 4.05. The van der Waals surface area contributed by atoms with Crippen molar-refractivity contribution in [3.8, 4) is 0 Å². The van der Waals surface area contributed by atoms with Gasteiger partial charge in [0.1, 0.15) is 0 Å². The molecule has 0 saturated heterocycles. The van der Waals surface area contributed by atoms with Gasteiger partial charge in [-0.15, -0.1) is 11.3 Å². The normalized spacial score (nSPS) is 18.8. The average molecular weight is 294 g/mol. The molecule has 1 nitrogen and oxygen atoms in total. The van der Waals surface area contributed by atoms with E-state index in [2.05, 4.69) is 53.9 Å². The van der Waals surface area contributed by atoms with Gasteiger partial charge in [0.25, 0.3) is 0 Å². The highest BCUT2D eigenvalue weighted by atomic mass is 32.1. The number of hydrogen-bond acceptors (Lipinski definition) is 2. The summed E-state index contributed by atoms with van der Waals surface area (Å²) in [5, 5.41) is 14.2. The third-order valence-electron chi connectivity index (χ3n) is 4.63. The summed E-state index contributed by atoms with van der Waals surface area (Å²) in [6.45, 7) is 0. The number of hydrogen-bond donors (Lipinski definition) is 1. The molecule has 2 aromatic carbocycles. The van der Waals surface area contributed by atoms with Crippen molar-refractivity contribution in [1.82, 2.24) is 0 Å². The molecule has 1 heterocycles. The monoisotopic (exact) mass is 294 g/mol. The Hall–Kier alpha value is -1.64. The van der Waals surface area contributed by atoms with Gasteiger partial charge in [-0.05, 0) is 46.4 Å². The highest BCUT2D eigenvalue weighted by Crippen LogP contribution is 2.37. The van der Waals surface area contributed by atoms with Crippen molar-refractivity contribution in [2.45, 2.75) is 31.3 Å². The number of fused-ring (bicyclic) bond motifs is 2. The maximum absolute atomic E-state index is 10.7. The van der Waals surface area contributed by atoms with Crippen molar-refractivity contribution in [2.24, 2.45) is 0 Å². The first kappa shape index (κ1) is 13.1. The maximum atomic E-state index is 10.7.